The minimum absolute atomic E-state index is 0.369. The lowest BCUT2D eigenvalue weighted by atomic mass is 10.0. The summed E-state index contributed by atoms with van der Waals surface area (Å²) >= 11 is 7.87. The maximum Gasteiger partial charge on any atom is 0.0435 e. The van der Waals surface area contributed by atoms with Gasteiger partial charge in [-0.2, -0.15) is 11.8 Å². The second-order valence-corrected chi connectivity index (χ2v) is 6.62. The average Bonchev–Trinajstić information content (AvgIpc) is 2.48. The molecule has 0 saturated heterocycles. The van der Waals surface area contributed by atoms with Gasteiger partial charge in [-0.1, -0.05) is 61.0 Å². The van der Waals surface area contributed by atoms with E-state index in [1.807, 2.05) is 30.9 Å². The molecule has 20 heavy (non-hydrogen) atoms. The Kier molecular flexibility index (Phi) is 5.96. The Bertz CT molecular complexity index is 512. The van der Waals surface area contributed by atoms with Crippen molar-refractivity contribution in [2.45, 2.75) is 24.0 Å². The van der Waals surface area contributed by atoms with E-state index in [2.05, 4.69) is 54.7 Å². The van der Waals surface area contributed by atoms with Crippen molar-refractivity contribution in [3.05, 3.63) is 70.7 Å². The molecular formula is C17H20ClNS. The van der Waals surface area contributed by atoms with Crippen molar-refractivity contribution in [2.24, 2.45) is 0 Å². The van der Waals surface area contributed by atoms with Crippen molar-refractivity contribution in [1.29, 1.82) is 0 Å². The summed E-state index contributed by atoms with van der Waals surface area (Å²) in [5.41, 5.74) is 2.65. The minimum atomic E-state index is 0.369. The van der Waals surface area contributed by atoms with Gasteiger partial charge in [0.05, 0.1) is 0 Å². The van der Waals surface area contributed by atoms with E-state index in [1.165, 1.54) is 11.1 Å². The largest absolute Gasteiger partial charge is 0.312 e. The van der Waals surface area contributed by atoms with Gasteiger partial charge < -0.3 is 5.32 Å². The van der Waals surface area contributed by atoms with E-state index in [9.17, 15) is 0 Å². The highest BCUT2D eigenvalue weighted by atomic mass is 35.5. The molecule has 0 aliphatic heterocycles. The summed E-state index contributed by atoms with van der Waals surface area (Å²) in [6.07, 6.45) is 0. The van der Waals surface area contributed by atoms with Crippen molar-refractivity contribution >= 4 is 23.4 Å². The molecule has 0 heterocycles. The van der Waals surface area contributed by atoms with E-state index in [0.717, 1.165) is 10.8 Å². The average molecular weight is 306 g/mol. The number of nitrogens with one attached hydrogen (secondary N) is 1. The third kappa shape index (κ3) is 4.27. The van der Waals surface area contributed by atoms with E-state index in [0.29, 0.717) is 11.3 Å². The molecule has 0 radical (unpaired) electrons. The Morgan fingerprint density at radius 3 is 2.30 bits per heavy atom. The van der Waals surface area contributed by atoms with E-state index in [1.54, 1.807) is 0 Å². The zero-order chi connectivity index (χ0) is 14.4. The highest BCUT2D eigenvalue weighted by molar-refractivity contribution is 7.99. The highest BCUT2D eigenvalue weighted by Gasteiger charge is 2.17. The van der Waals surface area contributed by atoms with Crippen LogP contribution in [0, 0.1) is 0 Å². The maximum atomic E-state index is 5.91. The number of thioether (sulfide) groups is 1. The summed E-state index contributed by atoms with van der Waals surface area (Å²) < 4.78 is 0. The predicted octanol–water partition coefficient (Wildman–Crippen LogP) is 4.92. The van der Waals surface area contributed by atoms with Crippen molar-refractivity contribution in [3.63, 3.8) is 0 Å². The summed E-state index contributed by atoms with van der Waals surface area (Å²) in [4.78, 5) is 0. The second-order valence-electron chi connectivity index (χ2n) is 4.82. The molecule has 1 N–H and O–H groups in total. The zero-order valence-electron chi connectivity index (χ0n) is 11.8. The Morgan fingerprint density at radius 2 is 1.70 bits per heavy atom. The first kappa shape index (κ1) is 15.4. The molecule has 0 spiro atoms. The molecule has 0 saturated carbocycles. The molecule has 0 bridgehead atoms. The third-order valence-corrected chi connectivity index (χ3v) is 4.92. The number of hydrogen-bond acceptors (Lipinski definition) is 2. The Hall–Kier alpha value is -0.960. The van der Waals surface area contributed by atoms with Gasteiger partial charge in [-0.3, -0.25) is 0 Å². The van der Waals surface area contributed by atoms with Crippen LogP contribution >= 0.6 is 23.4 Å². The summed E-state index contributed by atoms with van der Waals surface area (Å²) in [7, 11) is 2.02. The number of rotatable bonds is 6. The zero-order valence-corrected chi connectivity index (χ0v) is 13.4. The van der Waals surface area contributed by atoms with Crippen LogP contribution in [0.5, 0.6) is 0 Å². The molecule has 3 heteroatoms. The van der Waals surface area contributed by atoms with Crippen LogP contribution in [0.15, 0.2) is 54.6 Å². The lowest BCUT2D eigenvalue weighted by Crippen LogP contribution is -2.25. The fraction of sp³-hybridized carbons (Fsp3) is 0.294. The molecule has 0 fully saturated rings. The van der Waals surface area contributed by atoms with E-state index in [-0.39, 0.29) is 0 Å². The molecule has 106 valence electrons. The fourth-order valence-corrected chi connectivity index (χ4v) is 3.50. The maximum absolute atomic E-state index is 5.91. The molecule has 2 aromatic carbocycles. The predicted molar refractivity (Wildman–Crippen MR) is 90.5 cm³/mol. The highest BCUT2D eigenvalue weighted by Crippen LogP contribution is 2.28. The molecule has 2 atom stereocenters. The minimum Gasteiger partial charge on any atom is -0.312 e. The summed E-state index contributed by atoms with van der Waals surface area (Å²) in [5, 5.41) is 4.72. The quantitative estimate of drug-likeness (QED) is 0.812. The summed E-state index contributed by atoms with van der Waals surface area (Å²) in [5.74, 6) is 1.00. The first-order valence-corrected chi connectivity index (χ1v) is 8.21. The van der Waals surface area contributed by atoms with Gasteiger partial charge in [-0.25, -0.2) is 0 Å². The van der Waals surface area contributed by atoms with Crippen LogP contribution in [0.2, 0.25) is 5.02 Å². The van der Waals surface area contributed by atoms with Crippen molar-refractivity contribution in [2.75, 3.05) is 7.05 Å². The smallest absolute Gasteiger partial charge is 0.0435 e. The third-order valence-electron chi connectivity index (χ3n) is 3.37. The van der Waals surface area contributed by atoms with Crippen LogP contribution in [0.4, 0.5) is 0 Å². The Balaban J connectivity index is 1.96. The lowest BCUT2D eigenvalue weighted by Gasteiger charge is -2.23. The van der Waals surface area contributed by atoms with Crippen molar-refractivity contribution in [1.82, 2.24) is 5.32 Å². The SMILES string of the molecule is CNC(c1ccccc1)C(C)SCc1ccc(Cl)cc1. The molecule has 0 amide bonds. The summed E-state index contributed by atoms with van der Waals surface area (Å²) in [6, 6.07) is 19.1. The van der Waals surface area contributed by atoms with Gasteiger partial charge in [0.2, 0.25) is 0 Å². The number of hydrogen-bond donors (Lipinski definition) is 1. The standard InChI is InChI=1S/C17H20ClNS/c1-13(17(19-2)15-6-4-3-5-7-15)20-12-14-8-10-16(18)11-9-14/h3-11,13,17,19H,12H2,1-2H3. The molecule has 2 aromatic rings. The van der Waals surface area contributed by atoms with Gasteiger partial charge in [0.25, 0.3) is 0 Å². The normalized spacial score (nSPS) is 13.9. The molecular weight excluding hydrogens is 286 g/mol. The van der Waals surface area contributed by atoms with E-state index < -0.39 is 0 Å². The molecule has 1 nitrogen and oxygen atoms in total. The van der Waals surface area contributed by atoms with E-state index in [4.69, 9.17) is 11.6 Å². The van der Waals surface area contributed by atoms with Gasteiger partial charge in [-0.15, -0.1) is 0 Å². The lowest BCUT2D eigenvalue weighted by molar-refractivity contribution is 0.589. The monoisotopic (exact) mass is 305 g/mol. The van der Waals surface area contributed by atoms with E-state index >= 15 is 0 Å². The van der Waals surface area contributed by atoms with Crippen molar-refractivity contribution < 1.29 is 0 Å². The summed E-state index contributed by atoms with van der Waals surface area (Å²) in [6.45, 7) is 2.27. The van der Waals surface area contributed by atoms with Crippen molar-refractivity contribution in [3.8, 4) is 0 Å². The second kappa shape index (κ2) is 7.72. The van der Waals surface area contributed by atoms with Gasteiger partial charge in [0.1, 0.15) is 0 Å². The first-order chi connectivity index (χ1) is 9.70. The number of halogens is 1. The Morgan fingerprint density at radius 1 is 1.05 bits per heavy atom. The number of benzene rings is 2. The van der Waals surface area contributed by atoms with Crippen LogP contribution in [0.1, 0.15) is 24.1 Å². The van der Waals surface area contributed by atoms with Crippen LogP contribution in [0.25, 0.3) is 0 Å². The van der Waals surface area contributed by atoms with Crippen LogP contribution in [0.3, 0.4) is 0 Å². The van der Waals surface area contributed by atoms with Crippen LogP contribution in [-0.2, 0) is 5.75 Å². The van der Waals surface area contributed by atoms with Gasteiger partial charge in [-0.05, 0) is 30.3 Å². The van der Waals surface area contributed by atoms with Crippen LogP contribution in [-0.4, -0.2) is 12.3 Å². The first-order valence-electron chi connectivity index (χ1n) is 6.79. The van der Waals surface area contributed by atoms with Gasteiger partial charge >= 0.3 is 0 Å². The molecule has 0 aliphatic rings. The molecule has 0 aliphatic carbocycles. The topological polar surface area (TPSA) is 12.0 Å². The molecule has 2 unspecified atom stereocenters. The fourth-order valence-electron chi connectivity index (χ4n) is 2.24. The van der Waals surface area contributed by atoms with Crippen LogP contribution < -0.4 is 5.32 Å². The Labute approximate surface area is 130 Å². The molecule has 2 rings (SSSR count). The van der Waals surface area contributed by atoms with Gasteiger partial charge in [0.15, 0.2) is 0 Å². The van der Waals surface area contributed by atoms with Gasteiger partial charge in [0, 0.05) is 22.1 Å². The molecule has 0 aromatic heterocycles.